The van der Waals surface area contributed by atoms with Crippen molar-refractivity contribution in [3.63, 3.8) is 0 Å². The molecule has 3 atom stereocenters. The Kier molecular flexibility index (Phi) is 5.98. The highest BCUT2D eigenvalue weighted by Gasteiger charge is 2.30. The third-order valence-corrected chi connectivity index (χ3v) is 4.10. The predicted octanol–water partition coefficient (Wildman–Crippen LogP) is 2.67. The molecule has 0 aromatic carbocycles. The van der Waals surface area contributed by atoms with E-state index in [1.807, 2.05) is 6.92 Å². The molecule has 114 valence electrons. The fourth-order valence-electron chi connectivity index (χ4n) is 2.84. The van der Waals surface area contributed by atoms with Crippen molar-refractivity contribution in [2.75, 3.05) is 13.7 Å². The second kappa shape index (κ2) is 7.74. The molecule has 1 fully saturated rings. The van der Waals surface area contributed by atoms with Gasteiger partial charge in [0.2, 0.25) is 5.89 Å². The van der Waals surface area contributed by atoms with Crippen LogP contribution in [0.2, 0.25) is 0 Å². The van der Waals surface area contributed by atoms with Gasteiger partial charge in [0, 0.05) is 19.6 Å². The van der Waals surface area contributed by atoms with Gasteiger partial charge in [0.1, 0.15) is 0 Å². The average molecular weight is 281 g/mol. The van der Waals surface area contributed by atoms with E-state index in [0.29, 0.717) is 18.4 Å². The molecule has 0 radical (unpaired) electrons. The molecular formula is C15H27N3O2. The van der Waals surface area contributed by atoms with Crippen molar-refractivity contribution in [3.8, 4) is 0 Å². The van der Waals surface area contributed by atoms with Crippen LogP contribution in [0.1, 0.15) is 63.6 Å². The Labute approximate surface area is 121 Å². The second-order valence-electron chi connectivity index (χ2n) is 5.75. The summed E-state index contributed by atoms with van der Waals surface area (Å²) >= 11 is 0. The fourth-order valence-corrected chi connectivity index (χ4v) is 2.84. The minimum Gasteiger partial charge on any atom is -0.381 e. The van der Waals surface area contributed by atoms with Gasteiger partial charge in [0.05, 0.1) is 12.0 Å². The Balaban J connectivity index is 2.00. The highest BCUT2D eigenvalue weighted by Crippen LogP contribution is 2.32. The molecule has 0 aliphatic heterocycles. The first-order chi connectivity index (χ1) is 9.74. The van der Waals surface area contributed by atoms with Crippen molar-refractivity contribution in [1.29, 1.82) is 0 Å². The number of aromatic nitrogens is 2. The summed E-state index contributed by atoms with van der Waals surface area (Å²) in [6, 6.07) is 0.483. The molecule has 0 amide bonds. The summed E-state index contributed by atoms with van der Waals surface area (Å²) in [5.41, 5.74) is 0. The standard InChI is InChI=1S/C15H27N3O2/c1-4-9-16-13-8-6-5-7-12(13)15-17-14(18-20-15)10-11(2)19-3/h11-13,16H,4-10H2,1-3H3. The lowest BCUT2D eigenvalue weighted by molar-refractivity contribution is 0.116. The van der Waals surface area contributed by atoms with Crippen molar-refractivity contribution in [2.45, 2.75) is 70.4 Å². The zero-order valence-electron chi connectivity index (χ0n) is 12.9. The minimum absolute atomic E-state index is 0.126. The lowest BCUT2D eigenvalue weighted by Gasteiger charge is -2.29. The molecule has 0 bridgehead atoms. The lowest BCUT2D eigenvalue weighted by Crippen LogP contribution is -2.37. The fraction of sp³-hybridized carbons (Fsp3) is 0.867. The van der Waals surface area contributed by atoms with Gasteiger partial charge in [0.25, 0.3) is 0 Å². The van der Waals surface area contributed by atoms with E-state index in [1.54, 1.807) is 7.11 Å². The minimum atomic E-state index is 0.126. The van der Waals surface area contributed by atoms with E-state index in [9.17, 15) is 0 Å². The van der Waals surface area contributed by atoms with Gasteiger partial charge in [0.15, 0.2) is 5.82 Å². The monoisotopic (exact) mass is 281 g/mol. The van der Waals surface area contributed by atoms with Gasteiger partial charge in [-0.2, -0.15) is 4.98 Å². The summed E-state index contributed by atoms with van der Waals surface area (Å²) in [6.45, 7) is 5.27. The van der Waals surface area contributed by atoms with Gasteiger partial charge in [-0.15, -0.1) is 0 Å². The summed E-state index contributed by atoms with van der Waals surface area (Å²) < 4.78 is 10.8. The highest BCUT2D eigenvalue weighted by molar-refractivity contribution is 5.02. The van der Waals surface area contributed by atoms with Gasteiger partial charge < -0.3 is 14.6 Å². The Morgan fingerprint density at radius 3 is 2.95 bits per heavy atom. The maximum absolute atomic E-state index is 5.50. The molecule has 1 aliphatic carbocycles. The van der Waals surface area contributed by atoms with Crippen molar-refractivity contribution < 1.29 is 9.26 Å². The molecule has 1 heterocycles. The quantitative estimate of drug-likeness (QED) is 0.832. The molecule has 1 aromatic heterocycles. The summed E-state index contributed by atoms with van der Waals surface area (Å²) in [4.78, 5) is 4.58. The number of hydrogen-bond acceptors (Lipinski definition) is 5. The Bertz CT molecular complexity index is 394. The molecule has 0 saturated heterocycles. The van der Waals surface area contributed by atoms with Crippen LogP contribution in [0.3, 0.4) is 0 Å². The van der Waals surface area contributed by atoms with Crippen LogP contribution in [0.4, 0.5) is 0 Å². The van der Waals surface area contributed by atoms with E-state index < -0.39 is 0 Å². The first-order valence-corrected chi connectivity index (χ1v) is 7.83. The first-order valence-electron chi connectivity index (χ1n) is 7.83. The normalized spacial score (nSPS) is 24.8. The van der Waals surface area contributed by atoms with Gasteiger partial charge in [-0.1, -0.05) is 24.9 Å². The van der Waals surface area contributed by atoms with Crippen LogP contribution in [0.5, 0.6) is 0 Å². The number of methoxy groups -OCH3 is 1. The van der Waals surface area contributed by atoms with E-state index in [1.165, 1.54) is 19.3 Å². The van der Waals surface area contributed by atoms with Crippen LogP contribution < -0.4 is 5.32 Å². The van der Waals surface area contributed by atoms with Crippen molar-refractivity contribution in [3.05, 3.63) is 11.7 Å². The van der Waals surface area contributed by atoms with Crippen molar-refractivity contribution in [1.82, 2.24) is 15.5 Å². The summed E-state index contributed by atoms with van der Waals surface area (Å²) in [5.74, 6) is 1.93. The molecule has 1 aliphatic rings. The first kappa shape index (κ1) is 15.4. The molecule has 1 N–H and O–H groups in total. The smallest absolute Gasteiger partial charge is 0.231 e. The number of nitrogens with one attached hydrogen (secondary N) is 1. The molecule has 1 aromatic rings. The average Bonchev–Trinajstić information content (AvgIpc) is 2.93. The predicted molar refractivity (Wildman–Crippen MR) is 77.8 cm³/mol. The highest BCUT2D eigenvalue weighted by atomic mass is 16.5. The summed E-state index contributed by atoms with van der Waals surface area (Å²) in [5, 5.41) is 7.73. The van der Waals surface area contributed by atoms with Gasteiger partial charge in [-0.25, -0.2) is 0 Å². The molecule has 5 heteroatoms. The second-order valence-corrected chi connectivity index (χ2v) is 5.75. The zero-order valence-corrected chi connectivity index (χ0v) is 12.9. The van der Waals surface area contributed by atoms with Crippen molar-refractivity contribution >= 4 is 0 Å². The lowest BCUT2D eigenvalue weighted by atomic mass is 9.84. The Morgan fingerprint density at radius 2 is 2.20 bits per heavy atom. The van der Waals surface area contributed by atoms with Crippen LogP contribution in [-0.4, -0.2) is 35.9 Å². The molecular weight excluding hydrogens is 254 g/mol. The topological polar surface area (TPSA) is 60.2 Å². The van der Waals surface area contributed by atoms with E-state index in [4.69, 9.17) is 9.26 Å². The third-order valence-electron chi connectivity index (χ3n) is 4.10. The molecule has 3 unspecified atom stereocenters. The Morgan fingerprint density at radius 1 is 1.40 bits per heavy atom. The zero-order chi connectivity index (χ0) is 14.4. The van der Waals surface area contributed by atoms with E-state index in [-0.39, 0.29) is 6.10 Å². The third kappa shape index (κ3) is 4.03. The summed E-state index contributed by atoms with van der Waals surface area (Å²) in [6.07, 6.45) is 6.88. The summed E-state index contributed by atoms with van der Waals surface area (Å²) in [7, 11) is 1.71. The maximum Gasteiger partial charge on any atom is 0.231 e. The SMILES string of the molecule is CCCNC1CCCCC1c1nc(CC(C)OC)no1. The van der Waals surface area contributed by atoms with Gasteiger partial charge in [-0.05, 0) is 32.7 Å². The maximum atomic E-state index is 5.50. The molecule has 20 heavy (non-hydrogen) atoms. The van der Waals surface area contributed by atoms with Crippen LogP contribution in [0.25, 0.3) is 0 Å². The van der Waals surface area contributed by atoms with Gasteiger partial charge >= 0.3 is 0 Å². The van der Waals surface area contributed by atoms with Crippen LogP contribution in [-0.2, 0) is 11.2 Å². The van der Waals surface area contributed by atoms with Crippen LogP contribution in [0, 0.1) is 0 Å². The largest absolute Gasteiger partial charge is 0.381 e. The number of rotatable bonds is 7. The van der Waals surface area contributed by atoms with Crippen LogP contribution in [0.15, 0.2) is 4.52 Å². The molecule has 5 nitrogen and oxygen atoms in total. The van der Waals surface area contributed by atoms with Crippen LogP contribution >= 0.6 is 0 Å². The molecule has 2 rings (SSSR count). The van der Waals surface area contributed by atoms with E-state index in [2.05, 4.69) is 22.4 Å². The molecule has 1 saturated carbocycles. The van der Waals surface area contributed by atoms with E-state index >= 15 is 0 Å². The van der Waals surface area contributed by atoms with Crippen molar-refractivity contribution in [2.24, 2.45) is 0 Å². The number of hydrogen-bond donors (Lipinski definition) is 1. The number of ether oxygens (including phenoxy) is 1. The van der Waals surface area contributed by atoms with Gasteiger partial charge in [-0.3, -0.25) is 0 Å². The molecule has 0 spiro atoms. The van der Waals surface area contributed by atoms with E-state index in [0.717, 1.165) is 31.1 Å². The number of nitrogens with zero attached hydrogens (tertiary/aromatic N) is 2. The Hall–Kier alpha value is -0.940.